The number of carbonyl (C=O) groups is 2. The second-order valence-corrected chi connectivity index (χ2v) is 5.50. The van der Waals surface area contributed by atoms with Crippen LogP contribution in [-0.4, -0.2) is 30.1 Å². The van der Waals surface area contributed by atoms with Crippen molar-refractivity contribution in [3.63, 3.8) is 0 Å². The van der Waals surface area contributed by atoms with Crippen molar-refractivity contribution in [2.45, 2.75) is 25.3 Å². The summed E-state index contributed by atoms with van der Waals surface area (Å²) in [5, 5.41) is 11.9. The van der Waals surface area contributed by atoms with E-state index in [4.69, 9.17) is 4.74 Å². The van der Waals surface area contributed by atoms with Crippen molar-refractivity contribution in [2.75, 3.05) is 7.11 Å². The highest BCUT2D eigenvalue weighted by atomic mass is 16.5. The summed E-state index contributed by atoms with van der Waals surface area (Å²) in [4.78, 5) is 23.5. The van der Waals surface area contributed by atoms with Gasteiger partial charge in [-0.1, -0.05) is 42.5 Å². The number of hydrogen-bond donors (Lipinski definition) is 2. The molecule has 0 fully saturated rings. The Bertz CT molecular complexity index is 685. The van der Waals surface area contributed by atoms with Gasteiger partial charge in [-0.3, -0.25) is 4.79 Å². The zero-order chi connectivity index (χ0) is 17.4. The number of benzene rings is 2. The van der Waals surface area contributed by atoms with Crippen LogP contribution in [0.5, 0.6) is 5.75 Å². The Kier molecular flexibility index (Phi) is 6.37. The first-order chi connectivity index (χ1) is 11.6. The number of ether oxygens (including phenoxy) is 1. The van der Waals surface area contributed by atoms with Crippen LogP contribution < -0.4 is 10.1 Å². The van der Waals surface area contributed by atoms with E-state index in [2.05, 4.69) is 5.32 Å². The maximum atomic E-state index is 12.0. The Balaban J connectivity index is 1.92. The SMILES string of the molecule is COc1cccc(C[C@@H](NC(=O)CCc2ccccc2)C(=O)O)c1. The fourth-order valence-electron chi connectivity index (χ4n) is 2.40. The molecule has 126 valence electrons. The van der Waals surface area contributed by atoms with Crippen LogP contribution in [0.15, 0.2) is 54.6 Å². The third-order valence-electron chi connectivity index (χ3n) is 3.69. The molecule has 2 aromatic rings. The van der Waals surface area contributed by atoms with Gasteiger partial charge in [0.1, 0.15) is 11.8 Å². The van der Waals surface area contributed by atoms with Gasteiger partial charge in [0.2, 0.25) is 5.91 Å². The number of amides is 1. The third kappa shape index (κ3) is 5.43. The number of hydrogen-bond acceptors (Lipinski definition) is 3. The molecule has 0 heterocycles. The van der Waals surface area contributed by atoms with E-state index >= 15 is 0 Å². The average Bonchev–Trinajstić information content (AvgIpc) is 2.60. The molecule has 24 heavy (non-hydrogen) atoms. The average molecular weight is 327 g/mol. The predicted octanol–water partition coefficient (Wildman–Crippen LogP) is 2.44. The molecule has 0 aliphatic heterocycles. The van der Waals surface area contributed by atoms with Crippen LogP contribution >= 0.6 is 0 Å². The summed E-state index contributed by atoms with van der Waals surface area (Å²) in [5.74, 6) is -0.660. The standard InChI is InChI=1S/C19H21NO4/c1-24-16-9-5-8-15(12-16)13-17(19(22)23)20-18(21)11-10-14-6-3-2-4-7-14/h2-9,12,17H,10-11,13H2,1H3,(H,20,21)(H,22,23)/t17-/m1/s1. The summed E-state index contributed by atoms with van der Waals surface area (Å²) in [6.45, 7) is 0. The van der Waals surface area contributed by atoms with Gasteiger partial charge in [0.05, 0.1) is 7.11 Å². The van der Waals surface area contributed by atoms with Gasteiger partial charge < -0.3 is 15.2 Å². The molecule has 1 amide bonds. The minimum Gasteiger partial charge on any atom is -0.497 e. The highest BCUT2D eigenvalue weighted by Gasteiger charge is 2.20. The number of carboxylic acids is 1. The van der Waals surface area contributed by atoms with Gasteiger partial charge in [-0.15, -0.1) is 0 Å². The predicted molar refractivity (Wildman–Crippen MR) is 91.0 cm³/mol. The molecule has 5 heteroatoms. The van der Waals surface area contributed by atoms with Crippen LogP contribution in [0.25, 0.3) is 0 Å². The molecule has 0 spiro atoms. The number of nitrogens with one attached hydrogen (secondary N) is 1. The molecule has 0 saturated carbocycles. The molecular weight excluding hydrogens is 306 g/mol. The van der Waals surface area contributed by atoms with Crippen molar-refractivity contribution in [2.24, 2.45) is 0 Å². The number of carboxylic acid groups (broad SMARTS) is 1. The topological polar surface area (TPSA) is 75.6 Å². The van der Waals surface area contributed by atoms with Gasteiger partial charge in [0.25, 0.3) is 0 Å². The molecule has 0 bridgehead atoms. The van der Waals surface area contributed by atoms with E-state index in [0.29, 0.717) is 12.2 Å². The lowest BCUT2D eigenvalue weighted by molar-refractivity contribution is -0.141. The van der Waals surface area contributed by atoms with Crippen LogP contribution in [0.1, 0.15) is 17.5 Å². The quantitative estimate of drug-likeness (QED) is 0.781. The van der Waals surface area contributed by atoms with Crippen LogP contribution in [0.2, 0.25) is 0 Å². The first kappa shape index (κ1) is 17.5. The molecule has 2 rings (SSSR count). The van der Waals surface area contributed by atoms with Crippen molar-refractivity contribution in [1.29, 1.82) is 0 Å². The highest BCUT2D eigenvalue weighted by molar-refractivity contribution is 5.83. The molecule has 0 aliphatic carbocycles. The van der Waals surface area contributed by atoms with Gasteiger partial charge in [0, 0.05) is 12.8 Å². The summed E-state index contributed by atoms with van der Waals surface area (Å²) >= 11 is 0. The van der Waals surface area contributed by atoms with E-state index in [1.54, 1.807) is 25.3 Å². The molecule has 1 atom stereocenters. The maximum Gasteiger partial charge on any atom is 0.326 e. The lowest BCUT2D eigenvalue weighted by Gasteiger charge is -2.15. The Hall–Kier alpha value is -2.82. The van der Waals surface area contributed by atoms with E-state index < -0.39 is 12.0 Å². The fourth-order valence-corrected chi connectivity index (χ4v) is 2.40. The van der Waals surface area contributed by atoms with Gasteiger partial charge in [-0.2, -0.15) is 0 Å². The van der Waals surface area contributed by atoms with Crippen LogP contribution in [0.4, 0.5) is 0 Å². The Labute approximate surface area is 141 Å². The van der Waals surface area contributed by atoms with Gasteiger partial charge >= 0.3 is 5.97 Å². The minimum atomic E-state index is -1.05. The van der Waals surface area contributed by atoms with E-state index in [1.807, 2.05) is 36.4 Å². The molecule has 0 aromatic heterocycles. The van der Waals surface area contributed by atoms with Gasteiger partial charge in [-0.05, 0) is 29.7 Å². The molecule has 0 unspecified atom stereocenters. The largest absolute Gasteiger partial charge is 0.497 e. The molecule has 2 N–H and O–H groups in total. The smallest absolute Gasteiger partial charge is 0.326 e. The molecule has 0 saturated heterocycles. The highest BCUT2D eigenvalue weighted by Crippen LogP contribution is 2.14. The monoisotopic (exact) mass is 327 g/mol. The first-order valence-electron chi connectivity index (χ1n) is 7.77. The Morgan fingerprint density at radius 1 is 1.08 bits per heavy atom. The number of methoxy groups -OCH3 is 1. The molecule has 2 aromatic carbocycles. The van der Waals surface area contributed by atoms with Crippen molar-refractivity contribution >= 4 is 11.9 Å². The summed E-state index contributed by atoms with van der Waals surface area (Å²) in [7, 11) is 1.55. The fraction of sp³-hybridized carbons (Fsp3) is 0.263. The summed E-state index contributed by atoms with van der Waals surface area (Å²) in [5.41, 5.74) is 1.84. The van der Waals surface area contributed by atoms with Crippen molar-refractivity contribution < 1.29 is 19.4 Å². The van der Waals surface area contributed by atoms with Crippen molar-refractivity contribution in [3.8, 4) is 5.75 Å². The summed E-state index contributed by atoms with van der Waals surface area (Å²) in [6, 6.07) is 15.8. The van der Waals surface area contributed by atoms with Gasteiger partial charge in [0.15, 0.2) is 0 Å². The second-order valence-electron chi connectivity index (χ2n) is 5.50. The maximum absolute atomic E-state index is 12.0. The Morgan fingerprint density at radius 2 is 1.79 bits per heavy atom. The van der Waals surface area contributed by atoms with Crippen LogP contribution in [-0.2, 0) is 22.4 Å². The number of aliphatic carboxylic acids is 1. The summed E-state index contributed by atoms with van der Waals surface area (Å²) in [6.07, 6.45) is 1.05. The number of carbonyl (C=O) groups excluding carboxylic acids is 1. The normalized spacial score (nSPS) is 11.5. The van der Waals surface area contributed by atoms with E-state index in [0.717, 1.165) is 11.1 Å². The number of rotatable bonds is 8. The lowest BCUT2D eigenvalue weighted by Crippen LogP contribution is -2.42. The molecule has 5 nitrogen and oxygen atoms in total. The molecular formula is C19H21NO4. The zero-order valence-corrected chi connectivity index (χ0v) is 13.6. The Morgan fingerprint density at radius 3 is 2.46 bits per heavy atom. The summed E-state index contributed by atoms with van der Waals surface area (Å²) < 4.78 is 5.13. The van der Waals surface area contributed by atoms with E-state index in [9.17, 15) is 14.7 Å². The van der Waals surface area contributed by atoms with Crippen molar-refractivity contribution in [3.05, 3.63) is 65.7 Å². The molecule has 0 aliphatic rings. The number of aryl methyl sites for hydroxylation is 1. The van der Waals surface area contributed by atoms with Crippen LogP contribution in [0.3, 0.4) is 0 Å². The van der Waals surface area contributed by atoms with E-state index in [-0.39, 0.29) is 18.7 Å². The third-order valence-corrected chi connectivity index (χ3v) is 3.69. The second kappa shape index (κ2) is 8.72. The van der Waals surface area contributed by atoms with E-state index in [1.165, 1.54) is 0 Å². The van der Waals surface area contributed by atoms with Crippen LogP contribution in [0, 0.1) is 0 Å². The van der Waals surface area contributed by atoms with Gasteiger partial charge in [-0.25, -0.2) is 4.79 Å². The lowest BCUT2D eigenvalue weighted by atomic mass is 10.0. The van der Waals surface area contributed by atoms with Crippen molar-refractivity contribution in [1.82, 2.24) is 5.32 Å². The molecule has 0 radical (unpaired) electrons. The first-order valence-corrected chi connectivity index (χ1v) is 7.77. The zero-order valence-electron chi connectivity index (χ0n) is 13.6. The minimum absolute atomic E-state index is 0.212.